The molecule has 0 aliphatic carbocycles. The molecule has 13 nitrogen and oxygen atoms in total. The fourth-order valence-electron chi connectivity index (χ4n) is 3.23. The fourth-order valence-corrected chi connectivity index (χ4v) is 5.37. The molecule has 4 rings (SSSR count). The van der Waals surface area contributed by atoms with E-state index in [1.165, 1.54) is 6.07 Å². The van der Waals surface area contributed by atoms with Crippen LogP contribution in [0.3, 0.4) is 0 Å². The quantitative estimate of drug-likeness (QED) is 0.416. The number of carbonyl (C=O) groups is 1. The van der Waals surface area contributed by atoms with Gasteiger partial charge in [-0.15, -0.1) is 5.11 Å². The summed E-state index contributed by atoms with van der Waals surface area (Å²) in [6.07, 6.45) is 0. The second kappa shape index (κ2) is 7.02. The van der Waals surface area contributed by atoms with Gasteiger partial charge in [0.05, 0.1) is 16.6 Å². The van der Waals surface area contributed by atoms with E-state index in [1.54, 1.807) is 18.2 Å². The van der Waals surface area contributed by atoms with Gasteiger partial charge in [-0.1, -0.05) is 18.2 Å². The lowest BCUT2D eigenvalue weighted by Crippen LogP contribution is -2.24. The first-order valence-corrected chi connectivity index (χ1v) is 11.4. The maximum atomic E-state index is 12.4. The normalized spacial score (nSPS) is 14.2. The largest absolute Gasteiger partial charge is 0.475 e. The van der Waals surface area contributed by atoms with Gasteiger partial charge in [-0.2, -0.15) is 5.11 Å². The number of benzene rings is 2. The van der Waals surface area contributed by atoms with E-state index in [4.69, 9.17) is 10.3 Å². The van der Waals surface area contributed by atoms with E-state index in [0.717, 1.165) is 6.07 Å². The Hall–Kier alpha value is -3.53. The molecular weight excluding hydrogens is 450 g/mol. The SMILES string of the molecule is NS(=O)(=O)c1ccc(-c2cccc3[nH]c(C(=O)O)nc23)c(C2=NCN=N2)c1S(N)(=O)=O. The first-order chi connectivity index (χ1) is 14.5. The minimum Gasteiger partial charge on any atom is -0.475 e. The first-order valence-electron chi connectivity index (χ1n) is 8.36. The Kier molecular flexibility index (Phi) is 4.69. The van der Waals surface area contributed by atoms with Crippen LogP contribution in [-0.2, 0) is 20.0 Å². The third-order valence-electron chi connectivity index (χ3n) is 4.39. The number of nitrogens with two attached hydrogens (primary N) is 2. The van der Waals surface area contributed by atoms with E-state index in [2.05, 4.69) is 25.2 Å². The highest BCUT2D eigenvalue weighted by atomic mass is 32.2. The number of hydrogen-bond acceptors (Lipinski definition) is 9. The van der Waals surface area contributed by atoms with Gasteiger partial charge in [0.1, 0.15) is 9.79 Å². The van der Waals surface area contributed by atoms with E-state index in [-0.39, 0.29) is 40.5 Å². The molecule has 15 heteroatoms. The highest BCUT2D eigenvalue weighted by Gasteiger charge is 2.32. The van der Waals surface area contributed by atoms with Crippen molar-refractivity contribution < 1.29 is 26.7 Å². The molecule has 1 aliphatic rings. The van der Waals surface area contributed by atoms with Gasteiger partial charge < -0.3 is 10.1 Å². The lowest BCUT2D eigenvalue weighted by Gasteiger charge is -2.16. The van der Waals surface area contributed by atoms with Crippen LogP contribution in [-0.4, -0.2) is 50.4 Å². The number of H-pyrrole nitrogens is 1. The number of amidine groups is 1. The molecule has 160 valence electrons. The zero-order valence-electron chi connectivity index (χ0n) is 15.3. The third kappa shape index (κ3) is 3.59. The van der Waals surface area contributed by atoms with Crippen LogP contribution in [0.4, 0.5) is 0 Å². The number of sulfonamides is 2. The maximum absolute atomic E-state index is 12.4. The van der Waals surface area contributed by atoms with Crippen LogP contribution in [0.25, 0.3) is 22.2 Å². The molecule has 0 saturated carbocycles. The van der Waals surface area contributed by atoms with Crippen LogP contribution in [0.5, 0.6) is 0 Å². The molecule has 0 amide bonds. The number of rotatable bonds is 5. The smallest absolute Gasteiger partial charge is 0.371 e. The van der Waals surface area contributed by atoms with Gasteiger partial charge in [0.2, 0.25) is 25.9 Å². The van der Waals surface area contributed by atoms with Crippen LogP contribution in [0.15, 0.2) is 55.3 Å². The predicted molar refractivity (Wildman–Crippen MR) is 107 cm³/mol. The van der Waals surface area contributed by atoms with Crippen molar-refractivity contribution in [3.63, 3.8) is 0 Å². The Morgan fingerprint density at radius 3 is 2.35 bits per heavy atom. The Labute approximate surface area is 174 Å². The van der Waals surface area contributed by atoms with E-state index in [1.807, 2.05) is 0 Å². The summed E-state index contributed by atoms with van der Waals surface area (Å²) >= 11 is 0. The maximum Gasteiger partial charge on any atom is 0.371 e. The number of imidazole rings is 1. The molecule has 0 unspecified atom stereocenters. The Balaban J connectivity index is 2.18. The number of carboxylic acids is 1. The minimum atomic E-state index is -4.64. The summed E-state index contributed by atoms with van der Waals surface area (Å²) in [5.41, 5.74) is 0.739. The standard InChI is InChI=1S/C16H13N7O6S2/c17-30(26,27)10-5-4-7(11(13(10)31(18,28)29)14-19-6-20-23-14)8-2-1-3-9-12(8)22-15(21-9)16(24)25/h1-5H,6H2,(H,21,22)(H,24,25)(H2,17,26,27)(H2,18,28,29). The Bertz CT molecular complexity index is 1540. The summed E-state index contributed by atoms with van der Waals surface area (Å²) in [4.78, 5) is 20.5. The molecule has 3 aromatic rings. The van der Waals surface area contributed by atoms with Crippen molar-refractivity contribution in [2.75, 3.05) is 6.67 Å². The number of para-hydroxylation sites is 1. The van der Waals surface area contributed by atoms with Gasteiger partial charge in [0.15, 0.2) is 12.5 Å². The van der Waals surface area contributed by atoms with Gasteiger partial charge in [0.25, 0.3) is 0 Å². The van der Waals surface area contributed by atoms with Crippen molar-refractivity contribution in [2.24, 2.45) is 25.5 Å². The molecule has 31 heavy (non-hydrogen) atoms. The molecule has 1 aromatic heterocycles. The van der Waals surface area contributed by atoms with Gasteiger partial charge >= 0.3 is 5.97 Å². The number of aliphatic imine (C=N–C) groups is 1. The average Bonchev–Trinajstić information content (AvgIpc) is 3.34. The lowest BCUT2D eigenvalue weighted by molar-refractivity contribution is 0.0685. The molecule has 0 spiro atoms. The van der Waals surface area contributed by atoms with Crippen molar-refractivity contribution >= 4 is 42.9 Å². The van der Waals surface area contributed by atoms with Gasteiger partial charge in [-0.05, 0) is 17.7 Å². The summed E-state index contributed by atoms with van der Waals surface area (Å²) in [5, 5.41) is 27.3. The Morgan fingerprint density at radius 1 is 1.03 bits per heavy atom. The number of aromatic carboxylic acids is 1. The van der Waals surface area contributed by atoms with Gasteiger partial charge in [-0.3, -0.25) is 0 Å². The summed E-state index contributed by atoms with van der Waals surface area (Å²) in [5.74, 6) is -1.81. The number of fused-ring (bicyclic) bond motifs is 1. The molecule has 0 radical (unpaired) electrons. The second-order valence-electron chi connectivity index (χ2n) is 6.36. The van der Waals surface area contributed by atoms with E-state index < -0.39 is 35.8 Å². The number of aromatic nitrogens is 2. The lowest BCUT2D eigenvalue weighted by atomic mass is 9.97. The average molecular weight is 463 g/mol. The summed E-state index contributed by atoms with van der Waals surface area (Å²) < 4.78 is 49.1. The van der Waals surface area contributed by atoms with Crippen molar-refractivity contribution in [2.45, 2.75) is 9.79 Å². The van der Waals surface area contributed by atoms with Crippen LogP contribution in [0, 0.1) is 0 Å². The topological polar surface area (TPSA) is 223 Å². The third-order valence-corrected chi connectivity index (χ3v) is 6.47. The van der Waals surface area contributed by atoms with Crippen molar-refractivity contribution in [1.29, 1.82) is 0 Å². The number of carboxylic acid groups (broad SMARTS) is 1. The van der Waals surface area contributed by atoms with Crippen molar-refractivity contribution in [3.05, 3.63) is 41.7 Å². The summed E-state index contributed by atoms with van der Waals surface area (Å²) in [6, 6.07) is 6.98. The van der Waals surface area contributed by atoms with Crippen LogP contribution in [0.2, 0.25) is 0 Å². The van der Waals surface area contributed by atoms with Crippen LogP contribution < -0.4 is 10.3 Å². The first kappa shape index (κ1) is 20.7. The number of nitrogens with one attached hydrogen (secondary N) is 1. The zero-order valence-corrected chi connectivity index (χ0v) is 17.0. The number of primary sulfonamides is 2. The molecular formula is C16H13N7O6S2. The Morgan fingerprint density at radius 2 is 1.77 bits per heavy atom. The van der Waals surface area contributed by atoms with Crippen LogP contribution in [0.1, 0.15) is 16.2 Å². The molecule has 0 fully saturated rings. The summed E-state index contributed by atoms with van der Waals surface area (Å²) in [6.45, 7) is -0.103. The molecule has 2 heterocycles. The number of azo groups is 1. The molecule has 6 N–H and O–H groups in total. The molecule has 1 aliphatic heterocycles. The predicted octanol–water partition coefficient (Wildman–Crippen LogP) is 0.393. The summed E-state index contributed by atoms with van der Waals surface area (Å²) in [7, 11) is -9.14. The van der Waals surface area contributed by atoms with Gasteiger partial charge in [0, 0.05) is 5.56 Å². The van der Waals surface area contributed by atoms with Gasteiger partial charge in [-0.25, -0.2) is 41.9 Å². The van der Waals surface area contributed by atoms with Crippen molar-refractivity contribution in [3.8, 4) is 11.1 Å². The monoisotopic (exact) mass is 463 g/mol. The second-order valence-corrected chi connectivity index (χ2v) is 9.39. The number of hydrogen-bond donors (Lipinski definition) is 4. The molecule has 2 aromatic carbocycles. The number of aromatic amines is 1. The molecule has 0 saturated heterocycles. The molecule has 0 bridgehead atoms. The minimum absolute atomic E-state index is 0.103. The fraction of sp³-hybridized carbons (Fsp3) is 0.0625. The zero-order chi connectivity index (χ0) is 22.6. The highest BCUT2D eigenvalue weighted by molar-refractivity contribution is 7.92. The molecule has 0 atom stereocenters. The highest BCUT2D eigenvalue weighted by Crippen LogP contribution is 2.37. The van der Waals surface area contributed by atoms with E-state index in [9.17, 15) is 26.7 Å². The van der Waals surface area contributed by atoms with Crippen LogP contribution >= 0.6 is 0 Å². The van der Waals surface area contributed by atoms with Crippen molar-refractivity contribution in [1.82, 2.24) is 9.97 Å². The number of nitrogens with zero attached hydrogens (tertiary/aromatic N) is 4. The van der Waals surface area contributed by atoms with E-state index >= 15 is 0 Å². The van der Waals surface area contributed by atoms with E-state index in [0.29, 0.717) is 5.52 Å².